The first-order chi connectivity index (χ1) is 17.5. The highest BCUT2D eigenvalue weighted by Crippen LogP contribution is 2.29. The molecule has 1 fully saturated rings. The summed E-state index contributed by atoms with van der Waals surface area (Å²) in [6.07, 6.45) is 9.26. The van der Waals surface area contributed by atoms with E-state index in [0.717, 1.165) is 44.1 Å². The van der Waals surface area contributed by atoms with Gasteiger partial charge in [0.25, 0.3) is 0 Å². The third-order valence-corrected chi connectivity index (χ3v) is 7.30. The molecule has 36 heavy (non-hydrogen) atoms. The number of hydrogen-bond donors (Lipinski definition) is 2. The molecule has 4 rings (SSSR count). The Labute approximate surface area is 214 Å². The van der Waals surface area contributed by atoms with Crippen LogP contribution in [-0.4, -0.2) is 51.4 Å². The number of fused-ring (bicyclic) bond motifs is 1. The van der Waals surface area contributed by atoms with Gasteiger partial charge >= 0.3 is 0 Å². The van der Waals surface area contributed by atoms with Crippen LogP contribution in [0.5, 0.6) is 0 Å². The largest absolute Gasteiger partial charge is 0.363 e. The van der Waals surface area contributed by atoms with Crippen molar-refractivity contribution in [2.24, 2.45) is 5.92 Å². The number of carbonyl (C=O) groups excluding carboxylic acids is 1. The fourth-order valence-corrected chi connectivity index (χ4v) is 5.23. The Kier molecular flexibility index (Phi) is 8.91. The average molecular weight is 495 g/mol. The molecule has 0 bridgehead atoms. The second kappa shape index (κ2) is 12.3. The highest BCUT2D eigenvalue weighted by Gasteiger charge is 2.24. The van der Waals surface area contributed by atoms with Crippen LogP contribution in [0.2, 0.25) is 0 Å². The first-order valence-corrected chi connectivity index (χ1v) is 13.3. The highest BCUT2D eigenvalue weighted by atomic mass is 19.1. The van der Waals surface area contributed by atoms with Crippen molar-refractivity contribution in [1.82, 2.24) is 19.8 Å². The zero-order valence-corrected chi connectivity index (χ0v) is 21.6. The number of piperidine rings is 1. The van der Waals surface area contributed by atoms with Gasteiger partial charge in [0.05, 0.1) is 6.20 Å². The summed E-state index contributed by atoms with van der Waals surface area (Å²) in [4.78, 5) is 24.8. The second-order valence-corrected chi connectivity index (χ2v) is 10.1. The number of anilines is 3. The number of amides is 1. The van der Waals surface area contributed by atoms with Crippen LogP contribution in [0.25, 0.3) is 0 Å². The van der Waals surface area contributed by atoms with E-state index in [2.05, 4.69) is 58.1 Å². The molecule has 2 N–H and O–H groups in total. The monoisotopic (exact) mass is 494 g/mol. The van der Waals surface area contributed by atoms with Crippen LogP contribution in [0.1, 0.15) is 63.5 Å². The maximum atomic E-state index is 14.5. The summed E-state index contributed by atoms with van der Waals surface area (Å²) < 4.78 is 14.5. The minimum Gasteiger partial charge on any atom is -0.363 e. The third kappa shape index (κ3) is 6.60. The van der Waals surface area contributed by atoms with Gasteiger partial charge in [0.15, 0.2) is 11.6 Å². The zero-order valence-electron chi connectivity index (χ0n) is 21.6. The van der Waals surface area contributed by atoms with E-state index >= 15 is 0 Å². The van der Waals surface area contributed by atoms with Crippen molar-refractivity contribution in [2.75, 3.05) is 30.3 Å². The molecule has 1 amide bonds. The summed E-state index contributed by atoms with van der Waals surface area (Å²) in [6.45, 7) is 12.4. The van der Waals surface area contributed by atoms with E-state index < -0.39 is 5.82 Å². The number of nitrogens with one attached hydrogen (secondary N) is 2. The molecule has 2 aliphatic rings. The molecule has 2 aliphatic heterocycles. The predicted octanol–water partition coefficient (Wildman–Crippen LogP) is 5.48. The normalized spacial score (nSPS) is 18.5. The van der Waals surface area contributed by atoms with Gasteiger partial charge in [-0.05, 0) is 54.5 Å². The van der Waals surface area contributed by atoms with Crippen molar-refractivity contribution in [3.05, 3.63) is 54.0 Å². The SMILES string of the molecule is C=CC(=O)N1CCC[C@@H](Nc2nc(Nc3ccc4c(c3)CN(CC(CC)CCCC)C4)ncc2F)C1. The van der Waals surface area contributed by atoms with Gasteiger partial charge < -0.3 is 15.5 Å². The number of halogens is 1. The lowest BCUT2D eigenvalue weighted by molar-refractivity contribution is -0.127. The Morgan fingerprint density at radius 1 is 1.31 bits per heavy atom. The number of aromatic nitrogens is 2. The molecule has 7 nitrogen and oxygen atoms in total. The van der Waals surface area contributed by atoms with Crippen LogP contribution in [0.3, 0.4) is 0 Å². The van der Waals surface area contributed by atoms with E-state index in [0.29, 0.717) is 19.0 Å². The molecular weight excluding hydrogens is 455 g/mol. The molecule has 194 valence electrons. The molecular formula is C28H39FN6O. The van der Waals surface area contributed by atoms with E-state index in [1.165, 1.54) is 49.1 Å². The Morgan fingerprint density at radius 2 is 2.14 bits per heavy atom. The van der Waals surface area contributed by atoms with Crippen LogP contribution in [0.15, 0.2) is 37.1 Å². The minimum atomic E-state index is -0.508. The van der Waals surface area contributed by atoms with Crippen LogP contribution in [0, 0.1) is 11.7 Å². The Hall–Kier alpha value is -3.00. The maximum Gasteiger partial charge on any atom is 0.246 e. The van der Waals surface area contributed by atoms with Gasteiger partial charge in [0.1, 0.15) is 0 Å². The molecule has 0 spiro atoms. The molecule has 1 unspecified atom stereocenters. The van der Waals surface area contributed by atoms with Gasteiger partial charge in [-0.3, -0.25) is 9.69 Å². The summed E-state index contributed by atoms with van der Waals surface area (Å²) >= 11 is 0. The van der Waals surface area contributed by atoms with Gasteiger partial charge in [-0.1, -0.05) is 45.8 Å². The second-order valence-electron chi connectivity index (χ2n) is 10.1. The Balaban J connectivity index is 1.38. The zero-order chi connectivity index (χ0) is 25.5. The average Bonchev–Trinajstić information content (AvgIpc) is 3.29. The fourth-order valence-electron chi connectivity index (χ4n) is 5.23. The first-order valence-electron chi connectivity index (χ1n) is 13.3. The number of benzene rings is 1. The molecule has 1 aromatic carbocycles. The van der Waals surface area contributed by atoms with E-state index in [4.69, 9.17) is 0 Å². The first kappa shape index (κ1) is 26.1. The molecule has 2 aromatic rings. The molecule has 0 radical (unpaired) electrons. The minimum absolute atomic E-state index is 0.0739. The predicted molar refractivity (Wildman–Crippen MR) is 143 cm³/mol. The molecule has 3 heterocycles. The highest BCUT2D eigenvalue weighted by molar-refractivity contribution is 5.87. The van der Waals surface area contributed by atoms with Crippen LogP contribution >= 0.6 is 0 Å². The molecule has 8 heteroatoms. The van der Waals surface area contributed by atoms with Crippen molar-refractivity contribution in [3.63, 3.8) is 0 Å². The van der Waals surface area contributed by atoms with Crippen molar-refractivity contribution >= 4 is 23.4 Å². The van der Waals surface area contributed by atoms with Gasteiger partial charge in [-0.15, -0.1) is 0 Å². The van der Waals surface area contributed by atoms with Gasteiger partial charge in [0, 0.05) is 44.5 Å². The lowest BCUT2D eigenvalue weighted by atomic mass is 9.99. The quantitative estimate of drug-likeness (QED) is 0.403. The Morgan fingerprint density at radius 3 is 2.92 bits per heavy atom. The molecule has 1 aromatic heterocycles. The number of hydrogen-bond acceptors (Lipinski definition) is 6. The van der Waals surface area contributed by atoms with Gasteiger partial charge in [-0.2, -0.15) is 4.98 Å². The summed E-state index contributed by atoms with van der Waals surface area (Å²) in [5, 5.41) is 6.41. The Bertz CT molecular complexity index is 1060. The van der Waals surface area contributed by atoms with Crippen molar-refractivity contribution < 1.29 is 9.18 Å². The summed E-state index contributed by atoms with van der Waals surface area (Å²) in [6, 6.07) is 6.29. The van der Waals surface area contributed by atoms with E-state index in [9.17, 15) is 9.18 Å². The molecule has 2 atom stereocenters. The lowest BCUT2D eigenvalue weighted by Gasteiger charge is -2.32. The topological polar surface area (TPSA) is 73.4 Å². The lowest BCUT2D eigenvalue weighted by Crippen LogP contribution is -2.44. The van der Waals surface area contributed by atoms with Gasteiger partial charge in [-0.25, -0.2) is 9.37 Å². The number of carbonyl (C=O) groups is 1. The maximum absolute atomic E-state index is 14.5. The van der Waals surface area contributed by atoms with Crippen LogP contribution in [0.4, 0.5) is 21.8 Å². The van der Waals surface area contributed by atoms with Gasteiger partial charge in [0.2, 0.25) is 11.9 Å². The number of nitrogens with zero attached hydrogens (tertiary/aromatic N) is 4. The summed E-state index contributed by atoms with van der Waals surface area (Å²) in [5.74, 6) is 0.630. The van der Waals surface area contributed by atoms with E-state index in [-0.39, 0.29) is 17.8 Å². The fraction of sp³-hybridized carbons (Fsp3) is 0.536. The number of rotatable bonds is 11. The molecule has 0 saturated carbocycles. The van der Waals surface area contributed by atoms with Crippen molar-refractivity contribution in [1.29, 1.82) is 0 Å². The third-order valence-electron chi connectivity index (χ3n) is 7.30. The van der Waals surface area contributed by atoms with Crippen LogP contribution < -0.4 is 10.6 Å². The molecule has 1 saturated heterocycles. The van der Waals surface area contributed by atoms with Crippen LogP contribution in [-0.2, 0) is 17.9 Å². The van der Waals surface area contributed by atoms with Crippen molar-refractivity contribution in [2.45, 2.75) is 71.5 Å². The number of unbranched alkanes of at least 4 members (excludes halogenated alkanes) is 1. The molecule has 0 aliphatic carbocycles. The number of likely N-dealkylation sites (tertiary alicyclic amines) is 1. The summed E-state index contributed by atoms with van der Waals surface area (Å²) in [7, 11) is 0. The standard InChI is InChI=1S/C28H39FN6O/c1-4-7-9-20(5-2)16-34-17-21-11-12-23(14-22(21)18-34)32-28-30-15-25(29)27(33-28)31-24-10-8-13-35(19-24)26(36)6-3/h6,11-12,14-15,20,24H,3-5,7-10,13,16-19H2,1-2H3,(H2,30,31,32,33)/t20?,24-/m1/s1. The summed E-state index contributed by atoms with van der Waals surface area (Å²) in [5.41, 5.74) is 3.58. The van der Waals surface area contributed by atoms with Crippen molar-refractivity contribution in [3.8, 4) is 0 Å². The smallest absolute Gasteiger partial charge is 0.246 e. The van der Waals surface area contributed by atoms with E-state index in [1.807, 2.05) is 6.07 Å². The van der Waals surface area contributed by atoms with E-state index in [1.54, 1.807) is 4.90 Å².